The molecule has 2 unspecified atom stereocenters. The highest BCUT2D eigenvalue weighted by Gasteiger charge is 2.17. The Hall–Kier alpha value is -2.44. The molecule has 57 heavy (non-hydrogen) atoms. The van der Waals surface area contributed by atoms with Gasteiger partial charge in [-0.2, -0.15) is 0 Å². The Labute approximate surface area is 352 Å². The monoisotopic (exact) mass is 798 g/mol. The van der Waals surface area contributed by atoms with Gasteiger partial charge in [0.25, 0.3) is 0 Å². The molecule has 0 aromatic heterocycles. The van der Waals surface area contributed by atoms with Crippen LogP contribution in [0.4, 0.5) is 0 Å². The Kier molecular flexibility index (Phi) is 44.3. The lowest BCUT2D eigenvalue weighted by atomic mass is 10.1. The Morgan fingerprint density at radius 3 is 1.39 bits per heavy atom. The first-order valence-corrected chi connectivity index (χ1v) is 24.1. The first kappa shape index (κ1) is 54.6. The number of hydrogen-bond acceptors (Lipinski definition) is 5. The van der Waals surface area contributed by atoms with Crippen molar-refractivity contribution in [3.05, 3.63) is 60.8 Å². The molecule has 0 bridgehead atoms. The molecule has 0 aliphatic heterocycles. The number of allylic oxidation sites excluding steroid dienone is 9. The zero-order chi connectivity index (χ0) is 41.5. The molecule has 0 heterocycles. The Morgan fingerprint density at radius 2 is 0.895 bits per heavy atom. The van der Waals surface area contributed by atoms with Crippen molar-refractivity contribution >= 4 is 11.9 Å². The number of amides is 1. The third kappa shape index (κ3) is 43.0. The zero-order valence-corrected chi connectivity index (χ0v) is 37.3. The summed E-state index contributed by atoms with van der Waals surface area (Å²) < 4.78 is 5.45. The lowest BCUT2D eigenvalue weighted by Gasteiger charge is -2.19. The fourth-order valence-corrected chi connectivity index (χ4v) is 6.77. The second-order valence-electron chi connectivity index (χ2n) is 16.1. The van der Waals surface area contributed by atoms with Crippen LogP contribution in [0.25, 0.3) is 0 Å². The largest absolute Gasteiger partial charge is 0.466 e. The molecule has 0 fully saturated rings. The van der Waals surface area contributed by atoms with E-state index in [1.54, 1.807) is 6.08 Å². The Balaban J connectivity index is 3.56. The second-order valence-corrected chi connectivity index (χ2v) is 16.1. The predicted octanol–water partition coefficient (Wildman–Crippen LogP) is 14.1. The van der Waals surface area contributed by atoms with Crippen molar-refractivity contribution in [1.82, 2.24) is 5.32 Å². The number of aliphatic hydroxyl groups is 2. The zero-order valence-electron chi connectivity index (χ0n) is 37.3. The van der Waals surface area contributed by atoms with Gasteiger partial charge < -0.3 is 20.3 Å². The minimum absolute atomic E-state index is 0.0277. The number of carbonyl (C=O) groups is 2. The molecule has 6 heteroatoms. The summed E-state index contributed by atoms with van der Waals surface area (Å²) in [6.07, 6.45) is 58.0. The summed E-state index contributed by atoms with van der Waals surface area (Å²) in [5.41, 5.74) is 0. The van der Waals surface area contributed by atoms with Crippen molar-refractivity contribution in [3.63, 3.8) is 0 Å². The van der Waals surface area contributed by atoms with E-state index in [0.29, 0.717) is 25.9 Å². The molecule has 0 aromatic rings. The van der Waals surface area contributed by atoms with Crippen molar-refractivity contribution in [2.75, 3.05) is 13.2 Å². The van der Waals surface area contributed by atoms with Crippen LogP contribution < -0.4 is 5.32 Å². The number of rotatable bonds is 43. The maximum absolute atomic E-state index is 12.3. The lowest BCUT2D eigenvalue weighted by molar-refractivity contribution is -0.143. The first-order chi connectivity index (χ1) is 28.0. The first-order valence-electron chi connectivity index (χ1n) is 24.1. The van der Waals surface area contributed by atoms with Crippen molar-refractivity contribution in [2.24, 2.45) is 0 Å². The van der Waals surface area contributed by atoms with Crippen LogP contribution in [-0.2, 0) is 14.3 Å². The number of aliphatic hydroxyl groups excluding tert-OH is 2. The fraction of sp³-hybridized carbons (Fsp3) is 0.765. The SMILES string of the molecule is CCCCCC/C=C\C/C=C\CCCCCCCCCC(=O)OCCCCCCCC/C=C\C/C=C\CCC(=O)NC(CO)C(O)/C=C/CCCCCCCCC. The van der Waals surface area contributed by atoms with Crippen LogP contribution in [-0.4, -0.2) is 47.4 Å². The van der Waals surface area contributed by atoms with E-state index in [9.17, 15) is 19.8 Å². The molecule has 6 nitrogen and oxygen atoms in total. The molecule has 0 saturated carbocycles. The van der Waals surface area contributed by atoms with Gasteiger partial charge in [0.05, 0.1) is 25.4 Å². The highest BCUT2D eigenvalue weighted by atomic mass is 16.5. The van der Waals surface area contributed by atoms with Gasteiger partial charge in [-0.15, -0.1) is 0 Å². The second kappa shape index (κ2) is 46.3. The van der Waals surface area contributed by atoms with Gasteiger partial charge >= 0.3 is 5.97 Å². The fourth-order valence-electron chi connectivity index (χ4n) is 6.77. The van der Waals surface area contributed by atoms with Gasteiger partial charge in [-0.3, -0.25) is 9.59 Å². The molecular formula is C51H91NO5. The van der Waals surface area contributed by atoms with E-state index in [1.165, 1.54) is 135 Å². The molecule has 2 atom stereocenters. The molecule has 0 rings (SSSR count). The van der Waals surface area contributed by atoms with Crippen LogP contribution in [0.3, 0.4) is 0 Å². The Morgan fingerprint density at radius 1 is 0.491 bits per heavy atom. The van der Waals surface area contributed by atoms with Gasteiger partial charge in [-0.25, -0.2) is 0 Å². The molecule has 0 saturated heterocycles. The molecule has 0 aromatic carbocycles. The van der Waals surface area contributed by atoms with Crippen LogP contribution >= 0.6 is 0 Å². The third-order valence-corrected chi connectivity index (χ3v) is 10.5. The van der Waals surface area contributed by atoms with Crippen molar-refractivity contribution < 1.29 is 24.5 Å². The Bertz CT molecular complexity index is 1020. The minimum Gasteiger partial charge on any atom is -0.466 e. The molecule has 0 aliphatic carbocycles. The topological polar surface area (TPSA) is 95.9 Å². The van der Waals surface area contributed by atoms with Gasteiger partial charge in [0.1, 0.15) is 0 Å². The van der Waals surface area contributed by atoms with E-state index in [4.69, 9.17) is 4.74 Å². The highest BCUT2D eigenvalue weighted by Crippen LogP contribution is 2.13. The van der Waals surface area contributed by atoms with Crippen LogP contribution in [0.2, 0.25) is 0 Å². The summed E-state index contributed by atoms with van der Waals surface area (Å²) in [6, 6.07) is -0.671. The molecule has 0 radical (unpaired) electrons. The summed E-state index contributed by atoms with van der Waals surface area (Å²) in [5, 5.41) is 22.8. The normalized spacial score (nSPS) is 13.3. The molecule has 3 N–H and O–H groups in total. The summed E-state index contributed by atoms with van der Waals surface area (Å²) in [7, 11) is 0. The summed E-state index contributed by atoms with van der Waals surface area (Å²) in [6.45, 7) is 4.76. The molecule has 0 aliphatic rings. The number of unbranched alkanes of at least 4 members (excludes halogenated alkanes) is 24. The standard InChI is InChI=1S/C51H91NO5/c1-3-5-7-9-11-13-14-15-16-17-18-19-22-25-29-33-37-41-45-51(56)57-46-42-38-34-30-26-23-20-21-24-28-32-36-40-44-50(55)52-48(47-53)49(54)43-39-35-31-27-12-10-8-6-4-2/h13-14,16-17,21,24,32,36,39,43,48-49,53-54H,3-12,15,18-20,22-23,25-31,33-35,37-38,40-42,44-47H2,1-2H3,(H,52,55)/b14-13-,17-16-,24-21-,36-32-,43-39+. The minimum atomic E-state index is -0.878. The van der Waals surface area contributed by atoms with Crippen LogP contribution in [0.5, 0.6) is 0 Å². The third-order valence-electron chi connectivity index (χ3n) is 10.5. The maximum Gasteiger partial charge on any atom is 0.305 e. The molecule has 330 valence electrons. The van der Waals surface area contributed by atoms with Gasteiger partial charge in [0, 0.05) is 12.8 Å². The van der Waals surface area contributed by atoms with E-state index >= 15 is 0 Å². The number of carbonyl (C=O) groups excluding carboxylic acids is 2. The molecule has 1 amide bonds. The van der Waals surface area contributed by atoms with E-state index < -0.39 is 12.1 Å². The smallest absolute Gasteiger partial charge is 0.305 e. The van der Waals surface area contributed by atoms with E-state index in [1.807, 2.05) is 12.2 Å². The van der Waals surface area contributed by atoms with Crippen molar-refractivity contribution in [1.29, 1.82) is 0 Å². The number of esters is 1. The summed E-state index contributed by atoms with van der Waals surface area (Å²) in [5.74, 6) is -0.182. The number of ether oxygens (including phenoxy) is 1. The van der Waals surface area contributed by atoms with Gasteiger partial charge in [-0.1, -0.05) is 190 Å². The van der Waals surface area contributed by atoms with E-state index in [2.05, 4.69) is 61.7 Å². The van der Waals surface area contributed by atoms with Crippen LogP contribution in [0.1, 0.15) is 226 Å². The molecule has 0 spiro atoms. The van der Waals surface area contributed by atoms with Gasteiger partial charge in [-0.05, 0) is 83.5 Å². The summed E-state index contributed by atoms with van der Waals surface area (Å²) in [4.78, 5) is 24.3. The lowest BCUT2D eigenvalue weighted by Crippen LogP contribution is -2.45. The average molecular weight is 798 g/mol. The summed E-state index contributed by atoms with van der Waals surface area (Å²) >= 11 is 0. The van der Waals surface area contributed by atoms with Crippen molar-refractivity contribution in [3.8, 4) is 0 Å². The van der Waals surface area contributed by atoms with Gasteiger partial charge in [0.15, 0.2) is 0 Å². The molecular weight excluding hydrogens is 707 g/mol. The van der Waals surface area contributed by atoms with E-state index in [0.717, 1.165) is 57.8 Å². The van der Waals surface area contributed by atoms with Gasteiger partial charge in [0.2, 0.25) is 5.91 Å². The quantitative estimate of drug-likeness (QED) is 0.0324. The number of hydrogen-bond donors (Lipinski definition) is 3. The maximum atomic E-state index is 12.3. The highest BCUT2D eigenvalue weighted by molar-refractivity contribution is 5.76. The van der Waals surface area contributed by atoms with Crippen LogP contribution in [0, 0.1) is 0 Å². The average Bonchev–Trinajstić information content (AvgIpc) is 3.21. The van der Waals surface area contributed by atoms with Crippen molar-refractivity contribution in [2.45, 2.75) is 238 Å². The predicted molar refractivity (Wildman–Crippen MR) is 245 cm³/mol. The number of nitrogens with one attached hydrogen (secondary N) is 1. The van der Waals surface area contributed by atoms with E-state index in [-0.39, 0.29) is 18.5 Å². The van der Waals surface area contributed by atoms with Crippen LogP contribution in [0.15, 0.2) is 60.8 Å².